The van der Waals surface area contributed by atoms with Crippen molar-refractivity contribution < 1.29 is 0 Å². The highest BCUT2D eigenvalue weighted by Crippen LogP contribution is 2.28. The Morgan fingerprint density at radius 1 is 0.781 bits per heavy atom. The molecule has 6 nitrogen and oxygen atoms in total. The number of rotatable bonds is 6. The van der Waals surface area contributed by atoms with Gasteiger partial charge in [0.15, 0.2) is 0 Å². The summed E-state index contributed by atoms with van der Waals surface area (Å²) in [5.41, 5.74) is 3.99. The molecule has 0 atom stereocenters. The Bertz CT molecular complexity index is 1330. The minimum atomic E-state index is -0.515. The number of aryl methyl sites for hydroxylation is 1. The fraction of sp³-hybridized carbons (Fsp3) is 0.192. The van der Waals surface area contributed by atoms with E-state index in [2.05, 4.69) is 15.5 Å². The number of aromatic nitrogens is 1. The van der Waals surface area contributed by atoms with E-state index < -0.39 is 10.9 Å². The molecular formula is C26H24N4O2. The first kappa shape index (κ1) is 20.0. The zero-order valence-corrected chi connectivity index (χ0v) is 17.9. The van der Waals surface area contributed by atoms with Gasteiger partial charge < -0.3 is 15.5 Å². The van der Waals surface area contributed by atoms with Gasteiger partial charge in [-0.2, -0.15) is 0 Å². The zero-order valence-electron chi connectivity index (χ0n) is 17.9. The normalized spacial score (nSPS) is 13.5. The number of benzene rings is 2. The molecule has 0 spiro atoms. The van der Waals surface area contributed by atoms with Gasteiger partial charge in [0.25, 0.3) is 10.9 Å². The molecule has 0 bridgehead atoms. The molecule has 0 unspecified atom stereocenters. The van der Waals surface area contributed by atoms with Gasteiger partial charge in [0.05, 0.1) is 5.69 Å². The molecule has 1 aromatic heterocycles. The van der Waals surface area contributed by atoms with Crippen LogP contribution in [0.2, 0.25) is 0 Å². The highest BCUT2D eigenvalue weighted by Gasteiger charge is 2.21. The van der Waals surface area contributed by atoms with Gasteiger partial charge in [-0.25, -0.2) is 4.98 Å². The first-order chi connectivity index (χ1) is 15.6. The van der Waals surface area contributed by atoms with Crippen LogP contribution in [0.5, 0.6) is 0 Å². The van der Waals surface area contributed by atoms with Crippen molar-refractivity contribution in [3.05, 3.63) is 92.7 Å². The molecule has 2 heterocycles. The molecular weight excluding hydrogens is 400 g/mol. The maximum Gasteiger partial charge on any atom is 0.253 e. The molecule has 6 heteroatoms. The monoisotopic (exact) mass is 424 g/mol. The first-order valence-electron chi connectivity index (χ1n) is 10.8. The Morgan fingerprint density at radius 2 is 1.44 bits per heavy atom. The molecule has 4 aromatic rings. The lowest BCUT2D eigenvalue weighted by atomic mass is 10.1. The molecule has 0 amide bonds. The third-order valence-electron chi connectivity index (χ3n) is 5.82. The predicted molar refractivity (Wildman–Crippen MR) is 130 cm³/mol. The maximum absolute atomic E-state index is 12.2. The van der Waals surface area contributed by atoms with Gasteiger partial charge in [-0.15, -0.1) is 0 Å². The van der Waals surface area contributed by atoms with E-state index in [0.717, 1.165) is 47.1 Å². The summed E-state index contributed by atoms with van der Waals surface area (Å²) in [7, 11) is 0. The smallest absolute Gasteiger partial charge is 0.253 e. The summed E-state index contributed by atoms with van der Waals surface area (Å²) in [5, 5.41) is 6.20. The van der Waals surface area contributed by atoms with Crippen LogP contribution in [0.15, 0.2) is 76.3 Å². The van der Waals surface area contributed by atoms with Gasteiger partial charge in [-0.1, -0.05) is 35.9 Å². The van der Waals surface area contributed by atoms with Gasteiger partial charge >= 0.3 is 0 Å². The Morgan fingerprint density at radius 3 is 2.16 bits per heavy atom. The highest BCUT2D eigenvalue weighted by molar-refractivity contribution is 5.83. The maximum atomic E-state index is 12.2. The van der Waals surface area contributed by atoms with Crippen molar-refractivity contribution in [2.45, 2.75) is 19.8 Å². The standard InChI is InChI=1S/C26H24N4O2/c1-17-10-12-19(13-11-17)27-23-24(26(32)25(23)31)28-20-7-4-6-18(16-20)21-8-5-9-22(29-21)30-14-2-3-15-30/h4-13,16,27-28H,2-3,14-15H2,1H3. The number of hydrogen-bond donors (Lipinski definition) is 2. The number of anilines is 5. The summed E-state index contributed by atoms with van der Waals surface area (Å²) in [5.74, 6) is 0.991. The number of nitrogens with zero attached hydrogens (tertiary/aromatic N) is 2. The molecule has 1 aliphatic heterocycles. The number of nitrogens with one attached hydrogen (secondary N) is 2. The van der Waals surface area contributed by atoms with Gasteiger partial charge in [-0.05, 0) is 56.2 Å². The van der Waals surface area contributed by atoms with E-state index in [1.807, 2.05) is 73.7 Å². The van der Waals surface area contributed by atoms with Crippen molar-refractivity contribution in [3.8, 4) is 11.3 Å². The van der Waals surface area contributed by atoms with Crippen molar-refractivity contribution in [1.82, 2.24) is 4.98 Å². The summed E-state index contributed by atoms with van der Waals surface area (Å²) < 4.78 is 0. The molecule has 3 aromatic carbocycles. The van der Waals surface area contributed by atoms with E-state index in [-0.39, 0.29) is 5.69 Å². The van der Waals surface area contributed by atoms with Gasteiger partial charge in [0.1, 0.15) is 17.2 Å². The van der Waals surface area contributed by atoms with Crippen molar-refractivity contribution in [1.29, 1.82) is 0 Å². The summed E-state index contributed by atoms with van der Waals surface area (Å²) in [6, 6.07) is 21.5. The topological polar surface area (TPSA) is 74.3 Å². The van der Waals surface area contributed by atoms with Crippen LogP contribution in [0.4, 0.5) is 28.6 Å². The lowest BCUT2D eigenvalue weighted by Gasteiger charge is -2.17. The average Bonchev–Trinajstić information content (AvgIpc) is 3.38. The molecule has 0 radical (unpaired) electrons. The van der Waals surface area contributed by atoms with E-state index >= 15 is 0 Å². The number of hydrogen-bond acceptors (Lipinski definition) is 6. The lowest BCUT2D eigenvalue weighted by molar-refractivity contribution is 0.939. The van der Waals surface area contributed by atoms with E-state index in [4.69, 9.17) is 4.98 Å². The summed E-state index contributed by atoms with van der Waals surface area (Å²) in [6.45, 7) is 4.08. The van der Waals surface area contributed by atoms with Crippen molar-refractivity contribution in [2.24, 2.45) is 0 Å². The van der Waals surface area contributed by atoms with Gasteiger partial charge in [0.2, 0.25) is 0 Å². The van der Waals surface area contributed by atoms with Crippen LogP contribution < -0.4 is 26.4 Å². The molecule has 1 aliphatic rings. The molecule has 1 saturated heterocycles. The summed E-state index contributed by atoms with van der Waals surface area (Å²) >= 11 is 0. The molecule has 5 rings (SSSR count). The van der Waals surface area contributed by atoms with Crippen LogP contribution in [0.25, 0.3) is 11.3 Å². The fourth-order valence-corrected chi connectivity index (χ4v) is 4.02. The van der Waals surface area contributed by atoms with Crippen LogP contribution >= 0.6 is 0 Å². The molecule has 0 aliphatic carbocycles. The highest BCUT2D eigenvalue weighted by atomic mass is 16.2. The minimum Gasteiger partial charge on any atom is -0.357 e. The quantitative estimate of drug-likeness (QED) is 0.436. The van der Waals surface area contributed by atoms with E-state index in [1.165, 1.54) is 12.8 Å². The molecule has 2 N–H and O–H groups in total. The summed E-state index contributed by atoms with van der Waals surface area (Å²) in [4.78, 5) is 31.5. The second-order valence-electron chi connectivity index (χ2n) is 8.18. The largest absolute Gasteiger partial charge is 0.357 e. The summed E-state index contributed by atoms with van der Waals surface area (Å²) in [6.07, 6.45) is 2.40. The first-order valence-corrected chi connectivity index (χ1v) is 10.8. The van der Waals surface area contributed by atoms with Crippen LogP contribution in [0.1, 0.15) is 18.4 Å². The Kier molecular flexibility index (Phi) is 5.19. The Labute approximate surface area is 186 Å². The Hall–Kier alpha value is -3.93. The second-order valence-corrected chi connectivity index (χ2v) is 8.18. The van der Waals surface area contributed by atoms with Crippen LogP contribution in [0.3, 0.4) is 0 Å². The Balaban J connectivity index is 1.39. The van der Waals surface area contributed by atoms with Crippen LogP contribution in [-0.2, 0) is 0 Å². The zero-order chi connectivity index (χ0) is 22.1. The molecule has 160 valence electrons. The number of pyridine rings is 1. The van der Waals surface area contributed by atoms with Gasteiger partial charge in [0, 0.05) is 30.0 Å². The van der Waals surface area contributed by atoms with Crippen molar-refractivity contribution in [3.63, 3.8) is 0 Å². The average molecular weight is 425 g/mol. The van der Waals surface area contributed by atoms with Crippen molar-refractivity contribution in [2.75, 3.05) is 28.6 Å². The second kappa shape index (κ2) is 8.30. The third-order valence-corrected chi connectivity index (χ3v) is 5.82. The lowest BCUT2D eigenvalue weighted by Crippen LogP contribution is -2.35. The van der Waals surface area contributed by atoms with Crippen LogP contribution in [-0.4, -0.2) is 18.1 Å². The predicted octanol–water partition coefficient (Wildman–Crippen LogP) is 4.74. The van der Waals surface area contributed by atoms with Crippen LogP contribution in [0, 0.1) is 6.92 Å². The molecule has 1 fully saturated rings. The van der Waals surface area contributed by atoms with E-state index in [1.54, 1.807) is 0 Å². The van der Waals surface area contributed by atoms with E-state index in [9.17, 15) is 9.59 Å². The van der Waals surface area contributed by atoms with E-state index in [0.29, 0.717) is 5.69 Å². The van der Waals surface area contributed by atoms with Gasteiger partial charge in [-0.3, -0.25) is 9.59 Å². The minimum absolute atomic E-state index is 0.284. The van der Waals surface area contributed by atoms with Crippen molar-refractivity contribution >= 4 is 28.6 Å². The fourth-order valence-electron chi connectivity index (χ4n) is 4.02. The SMILES string of the molecule is Cc1ccc(Nc2c(Nc3cccc(-c4cccc(N5CCCC5)n4)c3)c(=O)c2=O)cc1. The molecule has 32 heavy (non-hydrogen) atoms. The third kappa shape index (κ3) is 3.87. The molecule has 0 saturated carbocycles.